The summed E-state index contributed by atoms with van der Waals surface area (Å²) >= 11 is 0. The van der Waals surface area contributed by atoms with Crippen molar-refractivity contribution in [3.05, 3.63) is 24.3 Å². The monoisotopic (exact) mass is 382 g/mol. The van der Waals surface area contributed by atoms with Crippen LogP contribution in [0.15, 0.2) is 24.3 Å². The van der Waals surface area contributed by atoms with E-state index in [9.17, 15) is 4.79 Å². The molecule has 0 spiro atoms. The molecule has 0 fully saturated rings. The van der Waals surface area contributed by atoms with Crippen LogP contribution in [0.3, 0.4) is 0 Å². The third-order valence-electron chi connectivity index (χ3n) is 4.48. The van der Waals surface area contributed by atoms with Gasteiger partial charge in [-0.15, -0.1) is 0 Å². The highest BCUT2D eigenvalue weighted by atomic mass is 16.5. The van der Waals surface area contributed by atoms with Gasteiger partial charge in [-0.2, -0.15) is 0 Å². The minimum Gasteiger partial charge on any atom is -0.463 e. The first-order valence-corrected chi connectivity index (χ1v) is 10.9. The fourth-order valence-corrected chi connectivity index (χ4v) is 2.75. The molecule has 0 aliphatic rings. The lowest BCUT2D eigenvalue weighted by molar-refractivity contribution is -0.147. The van der Waals surface area contributed by atoms with Crippen molar-refractivity contribution in [2.75, 3.05) is 13.2 Å². The zero-order chi connectivity index (χ0) is 20.0. The Balaban J connectivity index is 3.26. The van der Waals surface area contributed by atoms with Crippen LogP contribution in [-0.4, -0.2) is 35.5 Å². The minimum absolute atomic E-state index is 0.112. The molecule has 2 N–H and O–H groups in total. The molecule has 4 nitrogen and oxygen atoms in total. The van der Waals surface area contributed by atoms with Crippen molar-refractivity contribution < 1.29 is 19.7 Å². The molecule has 0 saturated carbocycles. The Hall–Kier alpha value is -1.13. The van der Waals surface area contributed by atoms with Crippen LogP contribution in [0.5, 0.6) is 0 Å². The number of carbonyl (C=O) groups is 1. The highest BCUT2D eigenvalue weighted by Crippen LogP contribution is 2.10. The fourth-order valence-electron chi connectivity index (χ4n) is 2.75. The number of aliphatic hydroxyl groups is 2. The van der Waals surface area contributed by atoms with E-state index in [1.807, 2.05) is 0 Å². The first kappa shape index (κ1) is 25.9. The van der Waals surface area contributed by atoms with Crippen LogP contribution in [0, 0.1) is 0 Å². The molecule has 0 aromatic rings. The Morgan fingerprint density at radius 3 is 2.00 bits per heavy atom. The van der Waals surface area contributed by atoms with E-state index in [-0.39, 0.29) is 19.2 Å². The van der Waals surface area contributed by atoms with Gasteiger partial charge in [0.2, 0.25) is 0 Å². The van der Waals surface area contributed by atoms with Gasteiger partial charge in [0.15, 0.2) is 0 Å². The van der Waals surface area contributed by atoms with Crippen LogP contribution in [-0.2, 0) is 9.53 Å². The molecule has 27 heavy (non-hydrogen) atoms. The SMILES string of the molecule is CCCCC/C=C/C/C=C/CCCCCCCCCC(=O)OC[C@@H](O)CO. The highest BCUT2D eigenvalue weighted by Gasteiger charge is 2.07. The second-order valence-corrected chi connectivity index (χ2v) is 7.21. The first-order chi connectivity index (χ1) is 13.2. The second-order valence-electron chi connectivity index (χ2n) is 7.21. The number of ether oxygens (including phenoxy) is 1. The molecule has 0 aromatic carbocycles. The number of carbonyl (C=O) groups excluding carboxylic acids is 1. The molecule has 0 unspecified atom stereocenters. The summed E-state index contributed by atoms with van der Waals surface area (Å²) in [7, 11) is 0. The summed E-state index contributed by atoms with van der Waals surface area (Å²) < 4.78 is 4.86. The lowest BCUT2D eigenvalue weighted by Crippen LogP contribution is -2.21. The number of unbranched alkanes of at least 4 members (excludes halogenated alkanes) is 10. The van der Waals surface area contributed by atoms with Gasteiger partial charge in [-0.3, -0.25) is 4.79 Å². The minimum atomic E-state index is -0.962. The number of hydrogen-bond donors (Lipinski definition) is 2. The average Bonchev–Trinajstić information content (AvgIpc) is 2.68. The Labute approximate surface area is 166 Å². The Kier molecular flexibility index (Phi) is 20.3. The summed E-state index contributed by atoms with van der Waals surface area (Å²) in [5, 5.41) is 17.7. The summed E-state index contributed by atoms with van der Waals surface area (Å²) in [6.07, 6.45) is 24.1. The maximum Gasteiger partial charge on any atom is 0.305 e. The van der Waals surface area contributed by atoms with Gasteiger partial charge < -0.3 is 14.9 Å². The van der Waals surface area contributed by atoms with Crippen molar-refractivity contribution in [2.45, 2.75) is 103 Å². The summed E-state index contributed by atoms with van der Waals surface area (Å²) in [6.45, 7) is 1.75. The fraction of sp³-hybridized carbons (Fsp3) is 0.783. The van der Waals surface area contributed by atoms with Crippen LogP contribution in [0.25, 0.3) is 0 Å². The molecular formula is C23H42O4. The molecule has 0 radical (unpaired) electrons. The Morgan fingerprint density at radius 1 is 0.852 bits per heavy atom. The summed E-state index contributed by atoms with van der Waals surface area (Å²) in [6, 6.07) is 0. The van der Waals surface area contributed by atoms with E-state index >= 15 is 0 Å². The molecule has 0 aliphatic carbocycles. The van der Waals surface area contributed by atoms with Crippen LogP contribution < -0.4 is 0 Å². The Bertz CT molecular complexity index is 377. The maximum absolute atomic E-state index is 11.4. The second kappa shape index (κ2) is 21.2. The zero-order valence-electron chi connectivity index (χ0n) is 17.4. The average molecular weight is 383 g/mol. The topological polar surface area (TPSA) is 66.8 Å². The predicted molar refractivity (Wildman–Crippen MR) is 113 cm³/mol. The summed E-state index contributed by atoms with van der Waals surface area (Å²) in [5.41, 5.74) is 0. The Morgan fingerprint density at radius 2 is 1.41 bits per heavy atom. The number of rotatable bonds is 19. The van der Waals surface area contributed by atoms with E-state index in [0.717, 1.165) is 25.7 Å². The molecule has 158 valence electrons. The molecule has 4 heteroatoms. The van der Waals surface area contributed by atoms with Crippen molar-refractivity contribution >= 4 is 5.97 Å². The van der Waals surface area contributed by atoms with Crippen molar-refractivity contribution in [1.29, 1.82) is 0 Å². The molecule has 0 bridgehead atoms. The van der Waals surface area contributed by atoms with Gasteiger partial charge in [-0.25, -0.2) is 0 Å². The largest absolute Gasteiger partial charge is 0.463 e. The molecule has 0 aromatic heterocycles. The van der Waals surface area contributed by atoms with Crippen molar-refractivity contribution in [2.24, 2.45) is 0 Å². The van der Waals surface area contributed by atoms with E-state index < -0.39 is 6.10 Å². The molecule has 0 saturated heterocycles. The van der Waals surface area contributed by atoms with Crippen molar-refractivity contribution in [1.82, 2.24) is 0 Å². The van der Waals surface area contributed by atoms with Crippen LogP contribution in [0.1, 0.15) is 96.8 Å². The molecule has 0 aliphatic heterocycles. The van der Waals surface area contributed by atoms with Crippen LogP contribution in [0.2, 0.25) is 0 Å². The van der Waals surface area contributed by atoms with E-state index in [1.165, 1.54) is 57.8 Å². The van der Waals surface area contributed by atoms with Gasteiger partial charge in [-0.05, 0) is 38.5 Å². The van der Waals surface area contributed by atoms with Crippen LogP contribution in [0.4, 0.5) is 0 Å². The van der Waals surface area contributed by atoms with Gasteiger partial charge >= 0.3 is 5.97 Å². The number of aliphatic hydroxyl groups excluding tert-OH is 2. The maximum atomic E-state index is 11.4. The lowest BCUT2D eigenvalue weighted by atomic mass is 10.1. The van der Waals surface area contributed by atoms with Crippen molar-refractivity contribution in [3.63, 3.8) is 0 Å². The molecular weight excluding hydrogens is 340 g/mol. The molecule has 0 rings (SSSR count). The van der Waals surface area contributed by atoms with Gasteiger partial charge in [0.25, 0.3) is 0 Å². The number of allylic oxidation sites excluding steroid dienone is 4. The van der Waals surface area contributed by atoms with E-state index in [0.29, 0.717) is 6.42 Å². The quantitative estimate of drug-likeness (QED) is 0.176. The van der Waals surface area contributed by atoms with Gasteiger partial charge in [-0.1, -0.05) is 76.2 Å². The number of hydrogen-bond acceptors (Lipinski definition) is 4. The summed E-state index contributed by atoms with van der Waals surface area (Å²) in [5.74, 6) is -0.287. The number of esters is 1. The van der Waals surface area contributed by atoms with E-state index in [1.54, 1.807) is 0 Å². The first-order valence-electron chi connectivity index (χ1n) is 10.9. The lowest BCUT2D eigenvalue weighted by Gasteiger charge is -2.08. The summed E-state index contributed by atoms with van der Waals surface area (Å²) in [4.78, 5) is 11.4. The smallest absolute Gasteiger partial charge is 0.305 e. The normalized spacial score (nSPS) is 12.9. The molecule has 1 atom stereocenters. The highest BCUT2D eigenvalue weighted by molar-refractivity contribution is 5.69. The van der Waals surface area contributed by atoms with E-state index in [4.69, 9.17) is 14.9 Å². The standard InChI is InChI=1S/C23H42O4/c1-2-3-4-5-6-7-8-9-10-11-12-13-14-15-16-17-18-19-23(26)27-21-22(25)20-24/h6-7,9-10,22,24-25H,2-5,8,11-21H2,1H3/b7-6+,10-9+/t22-/m0/s1. The zero-order valence-corrected chi connectivity index (χ0v) is 17.4. The molecule has 0 heterocycles. The third kappa shape index (κ3) is 21.0. The van der Waals surface area contributed by atoms with E-state index in [2.05, 4.69) is 31.2 Å². The van der Waals surface area contributed by atoms with Crippen molar-refractivity contribution in [3.8, 4) is 0 Å². The predicted octanol–water partition coefficient (Wildman–Crippen LogP) is 5.48. The van der Waals surface area contributed by atoms with Crippen LogP contribution >= 0.6 is 0 Å². The van der Waals surface area contributed by atoms with Gasteiger partial charge in [0.05, 0.1) is 6.61 Å². The third-order valence-corrected chi connectivity index (χ3v) is 4.48. The molecule has 0 amide bonds. The van der Waals surface area contributed by atoms with Gasteiger partial charge in [0, 0.05) is 6.42 Å². The van der Waals surface area contributed by atoms with Gasteiger partial charge in [0.1, 0.15) is 12.7 Å².